The second-order valence-corrected chi connectivity index (χ2v) is 19.7. The maximum atomic E-state index is 15.1. The molecular weight excluding hydrogens is 1030 g/mol. The van der Waals surface area contributed by atoms with Crippen molar-refractivity contribution in [2.75, 3.05) is 26.4 Å². The molecule has 0 aromatic heterocycles. The van der Waals surface area contributed by atoms with Crippen molar-refractivity contribution in [2.45, 2.75) is 85.5 Å². The van der Waals surface area contributed by atoms with E-state index in [9.17, 15) is 18.4 Å². The topological polar surface area (TPSA) is 89.5 Å². The number of benzene rings is 6. The average molecular weight is 1100 g/mol. The summed E-state index contributed by atoms with van der Waals surface area (Å²) in [5, 5.41) is 0. The van der Waals surface area contributed by atoms with Gasteiger partial charge >= 0.3 is 11.9 Å². The van der Waals surface area contributed by atoms with Gasteiger partial charge in [-0.15, -0.1) is 0 Å². The number of halogens is 4. The van der Waals surface area contributed by atoms with Crippen LogP contribution in [0, 0.1) is 94.3 Å². The summed E-state index contributed by atoms with van der Waals surface area (Å²) >= 11 is 0. The van der Waals surface area contributed by atoms with E-state index < -0.39 is 47.0 Å². The van der Waals surface area contributed by atoms with Gasteiger partial charge in [0.25, 0.3) is 0 Å². The highest BCUT2D eigenvalue weighted by atomic mass is 19.1. The van der Waals surface area contributed by atoms with Crippen LogP contribution >= 0.6 is 0 Å². The summed E-state index contributed by atoms with van der Waals surface area (Å²) < 4.78 is 95.0. The molecule has 0 amide bonds. The second-order valence-electron chi connectivity index (χ2n) is 19.7. The molecule has 1 fully saturated rings. The van der Waals surface area contributed by atoms with Gasteiger partial charge in [-0.3, -0.25) is 9.59 Å². The number of fused-ring (bicyclic) bond motifs is 2. The molecule has 12 heteroatoms. The SMILES string of the molecule is CCCCOc1ccc(C#Cc2ccc(C#Cc3ccc(OCCCC)c(F)c3)c(OC(=O)[C@H]3[C@H](C(=O)Oc4cc(C#Cc5ccc(OCCCC)c(F)c5)ccc4C#Cc4ccc(OCCCC)c(F)c4)[C@H]4C=C[C@@H]3C4)c2)cc1F. The van der Waals surface area contributed by atoms with Crippen LogP contribution in [0.2, 0.25) is 0 Å². The van der Waals surface area contributed by atoms with Crippen molar-refractivity contribution in [2.24, 2.45) is 23.7 Å². The van der Waals surface area contributed by atoms with Crippen LogP contribution in [0.15, 0.2) is 121 Å². The smallest absolute Gasteiger partial charge is 0.315 e. The number of carbonyl (C=O) groups excluding carboxylic acids is 2. The highest BCUT2D eigenvalue weighted by molar-refractivity contribution is 5.87. The van der Waals surface area contributed by atoms with Crippen molar-refractivity contribution in [1.82, 2.24) is 0 Å². The molecule has 6 aromatic carbocycles. The summed E-state index contributed by atoms with van der Waals surface area (Å²) in [5.74, 6) is 18.0. The maximum Gasteiger partial charge on any atom is 0.315 e. The number of hydrogen-bond donors (Lipinski definition) is 0. The van der Waals surface area contributed by atoms with E-state index in [2.05, 4.69) is 47.4 Å². The number of ether oxygens (including phenoxy) is 6. The van der Waals surface area contributed by atoms with Crippen LogP contribution in [-0.2, 0) is 9.59 Å². The fraction of sp³-hybridized carbons (Fsp3) is 0.304. The second kappa shape index (κ2) is 28.9. The Morgan fingerprint density at radius 1 is 0.383 bits per heavy atom. The van der Waals surface area contributed by atoms with Gasteiger partial charge in [0, 0.05) is 33.4 Å². The number of unbranched alkanes of at least 4 members (excludes halogenated alkanes) is 4. The summed E-state index contributed by atoms with van der Waals surface area (Å²) in [7, 11) is 0. The van der Waals surface area contributed by atoms with Gasteiger partial charge < -0.3 is 28.4 Å². The van der Waals surface area contributed by atoms with Crippen LogP contribution in [0.25, 0.3) is 0 Å². The lowest BCUT2D eigenvalue weighted by atomic mass is 9.83. The van der Waals surface area contributed by atoms with E-state index in [1.54, 1.807) is 48.5 Å². The quantitative estimate of drug-likeness (QED) is 0.0187. The number of esters is 2. The lowest BCUT2D eigenvalue weighted by Gasteiger charge is -2.25. The molecule has 0 aliphatic heterocycles. The van der Waals surface area contributed by atoms with Gasteiger partial charge in [-0.05, 0) is 153 Å². The lowest BCUT2D eigenvalue weighted by Crippen LogP contribution is -2.37. The average Bonchev–Trinajstić information content (AvgIpc) is 4.32. The Bertz CT molecular complexity index is 3310. The van der Waals surface area contributed by atoms with Crippen molar-refractivity contribution >= 4 is 11.9 Å². The number of allylic oxidation sites excluding steroid dienone is 2. The summed E-state index contributed by atoms with van der Waals surface area (Å²) in [6, 6.07) is 27.4. The summed E-state index contributed by atoms with van der Waals surface area (Å²) in [6.45, 7) is 9.57. The van der Waals surface area contributed by atoms with Crippen LogP contribution in [0.3, 0.4) is 0 Å². The van der Waals surface area contributed by atoms with Gasteiger partial charge in [0.15, 0.2) is 46.3 Å². The van der Waals surface area contributed by atoms with Crippen molar-refractivity contribution < 1.29 is 55.6 Å². The summed E-state index contributed by atoms with van der Waals surface area (Å²) in [4.78, 5) is 29.4. The van der Waals surface area contributed by atoms with E-state index >= 15 is 8.78 Å². The number of rotatable bonds is 20. The first-order valence-corrected chi connectivity index (χ1v) is 27.6. The first-order chi connectivity index (χ1) is 39.4. The molecule has 6 aromatic rings. The third kappa shape index (κ3) is 15.9. The zero-order valence-electron chi connectivity index (χ0n) is 45.8. The third-order valence-electron chi connectivity index (χ3n) is 13.5. The highest BCUT2D eigenvalue weighted by Gasteiger charge is 2.53. The van der Waals surface area contributed by atoms with Crippen molar-refractivity contribution in [1.29, 1.82) is 0 Å². The maximum absolute atomic E-state index is 15.1. The van der Waals surface area contributed by atoms with Gasteiger partial charge in [-0.2, -0.15) is 0 Å². The zero-order chi connectivity index (χ0) is 57.1. The zero-order valence-corrected chi connectivity index (χ0v) is 45.8. The Morgan fingerprint density at radius 3 is 0.938 bits per heavy atom. The molecule has 0 saturated heterocycles. The first kappa shape index (κ1) is 58.3. The molecule has 8 nitrogen and oxygen atoms in total. The Balaban J connectivity index is 1.09. The molecule has 0 unspecified atom stereocenters. The highest BCUT2D eigenvalue weighted by Crippen LogP contribution is 2.49. The Hall–Kier alpha value is -8.84. The molecule has 0 N–H and O–H groups in total. The monoisotopic (exact) mass is 1090 g/mol. The molecule has 4 atom stereocenters. The van der Waals surface area contributed by atoms with Gasteiger partial charge in [0.05, 0.1) is 49.4 Å². The van der Waals surface area contributed by atoms with Crippen molar-refractivity contribution in [3.8, 4) is 81.9 Å². The van der Waals surface area contributed by atoms with E-state index in [-0.39, 0.29) is 57.5 Å². The molecule has 414 valence electrons. The summed E-state index contributed by atoms with van der Waals surface area (Å²) in [5.41, 5.74) is 2.81. The molecule has 8 rings (SSSR count). The Morgan fingerprint density at radius 2 is 0.654 bits per heavy atom. The van der Waals surface area contributed by atoms with E-state index in [0.29, 0.717) is 66.2 Å². The van der Waals surface area contributed by atoms with Crippen LogP contribution < -0.4 is 28.4 Å². The number of hydrogen-bond acceptors (Lipinski definition) is 8. The predicted molar refractivity (Wildman–Crippen MR) is 303 cm³/mol. The fourth-order valence-corrected chi connectivity index (χ4v) is 9.05. The van der Waals surface area contributed by atoms with Gasteiger partial charge in [-0.1, -0.05) is 113 Å². The molecular formula is C69H62F4O8. The molecule has 0 heterocycles. The lowest BCUT2D eigenvalue weighted by molar-refractivity contribution is -0.151. The normalized spacial score (nSPS) is 15.4. The first-order valence-electron chi connectivity index (χ1n) is 27.6. The minimum atomic E-state index is -0.999. The van der Waals surface area contributed by atoms with Crippen LogP contribution in [0.1, 0.15) is 130 Å². The van der Waals surface area contributed by atoms with Crippen molar-refractivity contribution in [3.05, 3.63) is 189 Å². The fourth-order valence-electron chi connectivity index (χ4n) is 9.05. The van der Waals surface area contributed by atoms with Crippen molar-refractivity contribution in [3.63, 3.8) is 0 Å². The minimum Gasteiger partial charge on any atom is -0.491 e. The van der Waals surface area contributed by atoms with E-state index in [4.69, 9.17) is 28.4 Å². The van der Waals surface area contributed by atoms with E-state index in [0.717, 1.165) is 51.4 Å². The molecule has 81 heavy (non-hydrogen) atoms. The molecule has 0 radical (unpaired) electrons. The van der Waals surface area contributed by atoms with E-state index in [1.165, 1.54) is 60.7 Å². The van der Waals surface area contributed by atoms with Gasteiger partial charge in [0.1, 0.15) is 11.5 Å². The van der Waals surface area contributed by atoms with Crippen LogP contribution in [0.5, 0.6) is 34.5 Å². The molecule has 2 bridgehead atoms. The minimum absolute atomic E-state index is 0.0309. The van der Waals surface area contributed by atoms with Crippen LogP contribution in [0.4, 0.5) is 17.6 Å². The molecule has 2 aliphatic carbocycles. The molecule has 2 aliphatic rings. The van der Waals surface area contributed by atoms with Gasteiger partial charge in [0.2, 0.25) is 0 Å². The van der Waals surface area contributed by atoms with Crippen LogP contribution in [-0.4, -0.2) is 38.4 Å². The third-order valence-corrected chi connectivity index (χ3v) is 13.5. The van der Waals surface area contributed by atoms with E-state index in [1.807, 2.05) is 39.8 Å². The Labute approximate surface area is 472 Å². The van der Waals surface area contributed by atoms with Gasteiger partial charge in [-0.25, -0.2) is 17.6 Å². The standard InChI is InChI=1S/C69H62F4O8/c1-5-9-35-76-60-31-21-46(39-56(60)70)13-15-50-19-27-52(25-17-48-23-33-62(58(72)41-48)78-37-11-7-3)64(43-50)80-68(74)66-54-29-30-55(45-54)67(66)69(75)81-65-44-51(16-14-47-22-32-61(57(71)40-47)77-36-10-6-2)20-28-53(65)26-18-49-24-34-63(59(73)42-49)79-38-12-8-4/h19-24,27-34,39-44,54-55,66-67H,5-12,35-38,45H2,1-4H3/t54-,55+,66-,67-/m1/s1. The Kier molecular flexibility index (Phi) is 20.8. The summed E-state index contributed by atoms with van der Waals surface area (Å²) in [6.07, 6.45) is 11.0. The molecule has 0 spiro atoms. The predicted octanol–water partition coefficient (Wildman–Crippen LogP) is 14.5. The largest absolute Gasteiger partial charge is 0.491 e. The molecule has 1 saturated carbocycles. The number of carbonyl (C=O) groups is 2.